The van der Waals surface area contributed by atoms with E-state index in [9.17, 15) is 14.7 Å². The Morgan fingerprint density at radius 2 is 1.90 bits per heavy atom. The molecule has 0 heterocycles. The molecule has 2 fully saturated rings. The average Bonchev–Trinajstić information content (AvgIpc) is 3.07. The molecule has 2 N–H and O–H groups in total. The summed E-state index contributed by atoms with van der Waals surface area (Å²) in [6, 6.07) is 9.14. The standard InChI is InChI=1S/C16H19NO4/c18-15(19)13-11-6-7-12(8-11)14(13)17-16(20)21-9-10-4-2-1-3-5-10/h1-5,11-14H,6-9H2,(H,17,20)(H,18,19)/t11-,12+,13+,14+/m1/s1. The van der Waals surface area contributed by atoms with Crippen molar-refractivity contribution in [2.45, 2.75) is 31.9 Å². The van der Waals surface area contributed by atoms with Crippen molar-refractivity contribution in [1.82, 2.24) is 5.32 Å². The second-order valence-electron chi connectivity index (χ2n) is 5.93. The van der Waals surface area contributed by atoms with Gasteiger partial charge in [-0.3, -0.25) is 4.79 Å². The van der Waals surface area contributed by atoms with Gasteiger partial charge >= 0.3 is 12.1 Å². The van der Waals surface area contributed by atoms with E-state index < -0.39 is 18.0 Å². The number of carbonyl (C=O) groups excluding carboxylic acids is 1. The van der Waals surface area contributed by atoms with Gasteiger partial charge in [-0.2, -0.15) is 0 Å². The second-order valence-corrected chi connectivity index (χ2v) is 5.93. The van der Waals surface area contributed by atoms with E-state index in [1.54, 1.807) is 0 Å². The maximum atomic E-state index is 11.9. The Hall–Kier alpha value is -2.04. The Bertz CT molecular complexity index is 530. The Labute approximate surface area is 123 Å². The van der Waals surface area contributed by atoms with Crippen LogP contribution >= 0.6 is 0 Å². The molecule has 2 aliphatic rings. The van der Waals surface area contributed by atoms with Crippen molar-refractivity contribution in [1.29, 1.82) is 0 Å². The van der Waals surface area contributed by atoms with Crippen LogP contribution in [0.25, 0.3) is 0 Å². The molecule has 1 aromatic carbocycles. The first kappa shape index (κ1) is 13.9. The second kappa shape index (κ2) is 5.76. The number of carboxylic acids is 1. The van der Waals surface area contributed by atoms with E-state index in [1.165, 1.54) is 0 Å². The summed E-state index contributed by atoms with van der Waals surface area (Å²) in [6.45, 7) is 0.200. The molecular formula is C16H19NO4. The summed E-state index contributed by atoms with van der Waals surface area (Å²) < 4.78 is 5.18. The Kier molecular flexibility index (Phi) is 3.82. The van der Waals surface area contributed by atoms with Crippen molar-refractivity contribution in [3.8, 4) is 0 Å². The molecule has 3 rings (SSSR count). The van der Waals surface area contributed by atoms with Gasteiger partial charge in [-0.15, -0.1) is 0 Å². The van der Waals surface area contributed by atoms with E-state index in [-0.39, 0.29) is 24.5 Å². The van der Waals surface area contributed by atoms with Crippen LogP contribution in [0.2, 0.25) is 0 Å². The molecule has 0 aromatic heterocycles. The van der Waals surface area contributed by atoms with Crippen LogP contribution in [-0.2, 0) is 16.1 Å². The highest BCUT2D eigenvalue weighted by Crippen LogP contribution is 2.48. The fraction of sp³-hybridized carbons (Fsp3) is 0.500. The van der Waals surface area contributed by atoms with Gasteiger partial charge in [0.15, 0.2) is 0 Å². The number of carboxylic acid groups (broad SMARTS) is 1. The van der Waals surface area contributed by atoms with E-state index in [0.717, 1.165) is 24.8 Å². The van der Waals surface area contributed by atoms with Gasteiger partial charge in [-0.05, 0) is 36.7 Å². The number of rotatable bonds is 4. The van der Waals surface area contributed by atoms with Crippen molar-refractivity contribution in [2.75, 3.05) is 0 Å². The molecule has 0 aliphatic heterocycles. The number of benzene rings is 1. The molecule has 0 radical (unpaired) electrons. The van der Waals surface area contributed by atoms with Crippen LogP contribution in [0.5, 0.6) is 0 Å². The zero-order valence-corrected chi connectivity index (χ0v) is 11.7. The van der Waals surface area contributed by atoms with Gasteiger partial charge < -0.3 is 15.2 Å². The van der Waals surface area contributed by atoms with Crippen LogP contribution < -0.4 is 5.32 Å². The summed E-state index contributed by atoms with van der Waals surface area (Å²) in [5.74, 6) is -0.795. The Balaban J connectivity index is 1.56. The lowest BCUT2D eigenvalue weighted by Crippen LogP contribution is -2.46. The summed E-state index contributed by atoms with van der Waals surface area (Å²) in [7, 11) is 0. The molecule has 0 unspecified atom stereocenters. The Morgan fingerprint density at radius 1 is 1.19 bits per heavy atom. The number of ether oxygens (including phenoxy) is 1. The quantitative estimate of drug-likeness (QED) is 0.892. The van der Waals surface area contributed by atoms with Crippen molar-refractivity contribution in [2.24, 2.45) is 17.8 Å². The smallest absolute Gasteiger partial charge is 0.407 e. The largest absolute Gasteiger partial charge is 0.481 e. The third-order valence-electron chi connectivity index (χ3n) is 4.70. The molecule has 1 amide bonds. The van der Waals surface area contributed by atoms with Crippen molar-refractivity contribution in [3.05, 3.63) is 35.9 Å². The Morgan fingerprint density at radius 3 is 2.62 bits per heavy atom. The molecule has 0 spiro atoms. The predicted octanol–water partition coefficient (Wildman–Crippen LogP) is 2.41. The first-order valence-corrected chi connectivity index (χ1v) is 7.35. The van der Waals surface area contributed by atoms with Crippen molar-refractivity contribution >= 4 is 12.1 Å². The third-order valence-corrected chi connectivity index (χ3v) is 4.70. The number of aliphatic carboxylic acids is 1. The highest BCUT2D eigenvalue weighted by atomic mass is 16.5. The fourth-order valence-corrected chi connectivity index (χ4v) is 3.76. The fourth-order valence-electron chi connectivity index (χ4n) is 3.76. The van der Waals surface area contributed by atoms with E-state index in [2.05, 4.69) is 5.32 Å². The summed E-state index contributed by atoms with van der Waals surface area (Å²) in [6.07, 6.45) is 2.33. The van der Waals surface area contributed by atoms with Gasteiger partial charge in [0.1, 0.15) is 6.61 Å². The summed E-state index contributed by atoms with van der Waals surface area (Å²) in [5, 5.41) is 12.1. The molecule has 2 saturated carbocycles. The van der Waals surface area contributed by atoms with E-state index in [4.69, 9.17) is 4.74 Å². The maximum Gasteiger partial charge on any atom is 0.407 e. The minimum atomic E-state index is -0.810. The number of nitrogens with one attached hydrogen (secondary N) is 1. The molecule has 112 valence electrons. The van der Waals surface area contributed by atoms with Crippen LogP contribution in [0.3, 0.4) is 0 Å². The molecular weight excluding hydrogens is 270 g/mol. The number of alkyl carbamates (subject to hydrolysis) is 1. The zero-order valence-electron chi connectivity index (χ0n) is 11.7. The number of carbonyl (C=O) groups is 2. The van der Waals surface area contributed by atoms with Crippen molar-refractivity contribution < 1.29 is 19.4 Å². The highest BCUT2D eigenvalue weighted by Gasteiger charge is 2.51. The molecule has 4 atom stereocenters. The SMILES string of the molecule is O=C(N[C@H]1[C@H]2CC[C@H](C2)[C@@H]1C(=O)O)OCc1ccccc1. The minimum Gasteiger partial charge on any atom is -0.481 e. The number of hydrogen-bond acceptors (Lipinski definition) is 3. The monoisotopic (exact) mass is 289 g/mol. The molecule has 5 heteroatoms. The van der Waals surface area contributed by atoms with E-state index >= 15 is 0 Å². The van der Waals surface area contributed by atoms with Gasteiger partial charge in [-0.25, -0.2) is 4.79 Å². The van der Waals surface area contributed by atoms with Crippen LogP contribution in [-0.4, -0.2) is 23.2 Å². The maximum absolute atomic E-state index is 11.9. The van der Waals surface area contributed by atoms with Crippen LogP contribution in [0.4, 0.5) is 4.79 Å². The van der Waals surface area contributed by atoms with Gasteiger partial charge in [-0.1, -0.05) is 30.3 Å². The summed E-state index contributed by atoms with van der Waals surface area (Å²) in [4.78, 5) is 23.3. The molecule has 2 bridgehead atoms. The molecule has 5 nitrogen and oxygen atoms in total. The van der Waals surface area contributed by atoms with E-state index in [0.29, 0.717) is 0 Å². The molecule has 21 heavy (non-hydrogen) atoms. The van der Waals surface area contributed by atoms with Crippen LogP contribution in [0.15, 0.2) is 30.3 Å². The summed E-state index contributed by atoms with van der Waals surface area (Å²) in [5.41, 5.74) is 0.912. The average molecular weight is 289 g/mol. The zero-order chi connectivity index (χ0) is 14.8. The number of hydrogen-bond donors (Lipinski definition) is 2. The van der Waals surface area contributed by atoms with Gasteiger partial charge in [0.25, 0.3) is 0 Å². The highest BCUT2D eigenvalue weighted by molar-refractivity contribution is 5.74. The van der Waals surface area contributed by atoms with Gasteiger partial charge in [0, 0.05) is 6.04 Å². The lowest BCUT2D eigenvalue weighted by atomic mass is 9.84. The van der Waals surface area contributed by atoms with Crippen molar-refractivity contribution in [3.63, 3.8) is 0 Å². The topological polar surface area (TPSA) is 75.6 Å². The number of fused-ring (bicyclic) bond motifs is 2. The third kappa shape index (κ3) is 2.86. The van der Waals surface area contributed by atoms with Gasteiger partial charge in [0.05, 0.1) is 5.92 Å². The van der Waals surface area contributed by atoms with E-state index in [1.807, 2.05) is 30.3 Å². The minimum absolute atomic E-state index is 0.200. The molecule has 1 aromatic rings. The van der Waals surface area contributed by atoms with Gasteiger partial charge in [0.2, 0.25) is 0 Å². The first-order chi connectivity index (χ1) is 10.1. The van der Waals surface area contributed by atoms with Crippen LogP contribution in [0.1, 0.15) is 24.8 Å². The van der Waals surface area contributed by atoms with Crippen LogP contribution in [0, 0.1) is 17.8 Å². The molecule has 0 saturated heterocycles. The lowest BCUT2D eigenvalue weighted by Gasteiger charge is -2.28. The lowest BCUT2D eigenvalue weighted by molar-refractivity contribution is -0.144. The predicted molar refractivity (Wildman–Crippen MR) is 75.5 cm³/mol. The normalized spacial score (nSPS) is 30.1. The summed E-state index contributed by atoms with van der Waals surface area (Å²) >= 11 is 0. The molecule has 2 aliphatic carbocycles. The number of amides is 1. The first-order valence-electron chi connectivity index (χ1n) is 7.35.